The van der Waals surface area contributed by atoms with Crippen molar-refractivity contribution in [3.05, 3.63) is 103 Å². The van der Waals surface area contributed by atoms with Crippen LogP contribution in [0.1, 0.15) is 92.1 Å². The van der Waals surface area contributed by atoms with Crippen molar-refractivity contribution in [1.82, 2.24) is 25.2 Å². The minimum absolute atomic E-state index is 0.00446. The quantitative estimate of drug-likeness (QED) is 0.0928. The molecule has 3 aliphatic carbocycles. The fraction of sp³-hybridized carbons (Fsp3) is 0.500. The van der Waals surface area contributed by atoms with Crippen LogP contribution in [0.4, 0.5) is 4.79 Å². The van der Waals surface area contributed by atoms with Crippen LogP contribution in [0.15, 0.2) is 97.6 Å². The number of likely N-dealkylation sites (tertiary alicyclic amines) is 1. The van der Waals surface area contributed by atoms with E-state index in [2.05, 4.69) is 42.7 Å². The van der Waals surface area contributed by atoms with Gasteiger partial charge < -0.3 is 29.7 Å². The first-order valence-electron chi connectivity index (χ1n) is 24.3. The molecule has 4 aliphatic rings. The van der Waals surface area contributed by atoms with Gasteiger partial charge in [0, 0.05) is 35.4 Å². The van der Waals surface area contributed by atoms with E-state index in [1.54, 1.807) is 13.2 Å². The maximum atomic E-state index is 15.2. The lowest BCUT2D eigenvalue weighted by Gasteiger charge is -2.38. The summed E-state index contributed by atoms with van der Waals surface area (Å²) < 4.78 is 47.7. The second kappa shape index (κ2) is 19.4. The maximum Gasteiger partial charge on any atom is 0.408 e. The Kier molecular flexibility index (Phi) is 13.9. The van der Waals surface area contributed by atoms with Crippen molar-refractivity contribution >= 4 is 44.7 Å². The lowest BCUT2D eigenvalue weighted by atomic mass is 9.75. The summed E-state index contributed by atoms with van der Waals surface area (Å²) in [5, 5.41) is 6.51. The van der Waals surface area contributed by atoms with Gasteiger partial charge in [-0.15, -0.1) is 6.58 Å². The molecule has 8 rings (SSSR count). The number of ether oxygens (including phenoxy) is 3. The Hall–Kier alpha value is -5.96. The Morgan fingerprint density at radius 3 is 2.28 bits per heavy atom. The normalized spacial score (nSPS) is 25.5. The number of fused-ring (bicyclic) bond motifs is 1. The van der Waals surface area contributed by atoms with Crippen molar-refractivity contribution in [3.63, 3.8) is 0 Å². The second-order valence-corrected chi connectivity index (χ2v) is 23.3. The number of rotatable bonds is 16. The first-order chi connectivity index (χ1) is 32.8. The molecule has 1 aliphatic heterocycles. The zero-order chi connectivity index (χ0) is 49.5. The lowest BCUT2D eigenvalue weighted by molar-refractivity contribution is -0.143. The molecule has 3 aromatic carbocycles. The van der Waals surface area contributed by atoms with Crippen molar-refractivity contribution in [2.45, 2.75) is 127 Å². The largest absolute Gasteiger partial charge is 0.497 e. The first kappa shape index (κ1) is 49.5. The van der Waals surface area contributed by atoms with Gasteiger partial charge in [-0.05, 0) is 79.4 Å². The fourth-order valence-corrected chi connectivity index (χ4v) is 12.0. The molecule has 1 aromatic heterocycles. The third-order valence-corrected chi connectivity index (χ3v) is 17.0. The molecule has 69 heavy (non-hydrogen) atoms. The average molecular weight is 962 g/mol. The van der Waals surface area contributed by atoms with E-state index in [9.17, 15) is 22.8 Å². The zero-order valence-electron chi connectivity index (χ0n) is 40.8. The molecule has 0 spiro atoms. The Morgan fingerprint density at radius 1 is 0.957 bits per heavy atom. The zero-order valence-corrected chi connectivity index (χ0v) is 41.6. The molecule has 1 saturated heterocycles. The number of nitrogens with zero attached hydrogens (tertiary/aromatic N) is 2. The van der Waals surface area contributed by atoms with Crippen molar-refractivity contribution in [1.29, 1.82) is 0 Å². The van der Waals surface area contributed by atoms with Crippen LogP contribution < -0.4 is 24.8 Å². The average Bonchev–Trinajstić information content (AvgIpc) is 4.22. The molecular formula is C54H67N5O9S. The van der Waals surface area contributed by atoms with E-state index >= 15 is 4.79 Å². The van der Waals surface area contributed by atoms with Gasteiger partial charge in [0.05, 0.1) is 29.6 Å². The van der Waals surface area contributed by atoms with Gasteiger partial charge in [-0.2, -0.15) is 0 Å². The number of alkyl carbamates (subject to hydrolysis) is 1. The lowest BCUT2D eigenvalue weighted by Crippen LogP contribution is -2.60. The number of carbonyl (C=O) groups is 4. The minimum atomic E-state index is -4.19. The molecule has 4 amide bonds. The van der Waals surface area contributed by atoms with Crippen LogP contribution in [0, 0.1) is 29.1 Å². The van der Waals surface area contributed by atoms with E-state index in [0.717, 1.165) is 30.4 Å². The van der Waals surface area contributed by atoms with E-state index in [1.165, 1.54) is 11.0 Å². The summed E-state index contributed by atoms with van der Waals surface area (Å²) in [6.07, 6.45) is 3.58. The van der Waals surface area contributed by atoms with Crippen LogP contribution in [0.2, 0.25) is 0 Å². The number of benzene rings is 3. The van der Waals surface area contributed by atoms with Gasteiger partial charge in [-0.3, -0.25) is 19.1 Å². The summed E-state index contributed by atoms with van der Waals surface area (Å²) in [7, 11) is -2.61. The highest BCUT2D eigenvalue weighted by molar-refractivity contribution is 7.91. The molecule has 4 aromatic rings. The fourth-order valence-electron chi connectivity index (χ4n) is 10.4. The van der Waals surface area contributed by atoms with Crippen LogP contribution in [-0.4, -0.2) is 90.3 Å². The molecule has 368 valence electrons. The topological polar surface area (TPSA) is 182 Å². The number of hydrogen-bond donors (Lipinski definition) is 3. The number of amides is 4. The van der Waals surface area contributed by atoms with Crippen LogP contribution >= 0.6 is 0 Å². The van der Waals surface area contributed by atoms with Crippen LogP contribution in [0.5, 0.6) is 11.5 Å². The number of nitrogens with one attached hydrogen (secondary N) is 3. The summed E-state index contributed by atoms with van der Waals surface area (Å²) in [5.41, 5.74) is 0.444. The molecule has 3 N–H and O–H groups in total. The number of methoxy groups -OCH3 is 1. The number of hydrogen-bond acceptors (Lipinski definition) is 10. The number of carbonyl (C=O) groups excluding carboxylic acids is 4. The molecule has 4 fully saturated rings. The number of sulfonamides is 1. The third kappa shape index (κ3) is 10.5. The first-order valence-corrected chi connectivity index (χ1v) is 25.8. The van der Waals surface area contributed by atoms with Gasteiger partial charge in [-0.1, -0.05) is 115 Å². The smallest absolute Gasteiger partial charge is 0.408 e. The number of pyridine rings is 1. The summed E-state index contributed by atoms with van der Waals surface area (Å²) in [4.78, 5) is 64.7. The highest BCUT2D eigenvalue weighted by Gasteiger charge is 2.64. The van der Waals surface area contributed by atoms with E-state index in [4.69, 9.17) is 19.2 Å². The summed E-state index contributed by atoms with van der Waals surface area (Å²) >= 11 is 0. The molecular weight excluding hydrogens is 895 g/mol. The summed E-state index contributed by atoms with van der Waals surface area (Å²) in [5.74, 6) is -0.725. The summed E-state index contributed by atoms with van der Waals surface area (Å²) in [6.45, 7) is 15.7. The van der Waals surface area contributed by atoms with Gasteiger partial charge in [0.25, 0.3) is 5.91 Å². The van der Waals surface area contributed by atoms with Gasteiger partial charge in [0.15, 0.2) is 0 Å². The third-order valence-electron chi connectivity index (χ3n) is 14.8. The van der Waals surface area contributed by atoms with Crippen molar-refractivity contribution in [2.24, 2.45) is 29.1 Å². The van der Waals surface area contributed by atoms with Gasteiger partial charge >= 0.3 is 6.09 Å². The Balaban J connectivity index is 1.09. The summed E-state index contributed by atoms with van der Waals surface area (Å²) in [6, 6.07) is 23.9. The second-order valence-electron chi connectivity index (χ2n) is 21.2. The van der Waals surface area contributed by atoms with Crippen LogP contribution in [-0.2, 0) is 35.6 Å². The van der Waals surface area contributed by atoms with E-state index in [-0.39, 0.29) is 37.8 Å². The minimum Gasteiger partial charge on any atom is -0.497 e. The van der Waals surface area contributed by atoms with E-state index < -0.39 is 73.6 Å². The van der Waals surface area contributed by atoms with E-state index in [1.807, 2.05) is 99.6 Å². The van der Waals surface area contributed by atoms with E-state index in [0.29, 0.717) is 52.8 Å². The van der Waals surface area contributed by atoms with Crippen molar-refractivity contribution in [3.8, 4) is 22.8 Å². The molecule has 15 heteroatoms. The monoisotopic (exact) mass is 961 g/mol. The van der Waals surface area contributed by atoms with Gasteiger partial charge in [-0.25, -0.2) is 18.2 Å². The molecule has 8 atom stereocenters. The van der Waals surface area contributed by atoms with Crippen molar-refractivity contribution in [2.75, 3.05) is 13.7 Å². The molecule has 3 saturated carbocycles. The van der Waals surface area contributed by atoms with Gasteiger partial charge in [0.1, 0.15) is 41.3 Å². The standard InChI is InChI=1S/C54H67N5O9S/c1-9-37-31-54(37,50(62)58-69(64,65)53(24-25-53)30-35-16-12-10-13-17-35)57-48(60)44-28-39(67-46-29-42(36-18-14-11-15-19-36)55-43-27-38(66-8)21-23-41(43)46)32-59(44)49(61)47(52(5,6)7)56-51(63)68-45-26-34(4)20-22-40(45)33(2)3/h9-19,21,23,27,29,33-34,37,39-40,44-45,47H,1,20,22,24-26,28,30-32H2,2-8H3,(H,56,63)(H,57,60)(H,58,62)/t34?,37?,39-,40-,44+,45+,47-,54+/m1/s1. The molecule has 0 radical (unpaired) electrons. The Labute approximate surface area is 406 Å². The highest BCUT2D eigenvalue weighted by atomic mass is 32.2. The Bertz CT molecular complexity index is 2690. The predicted molar refractivity (Wildman–Crippen MR) is 265 cm³/mol. The molecule has 2 heterocycles. The molecule has 0 bridgehead atoms. The van der Waals surface area contributed by atoms with Crippen molar-refractivity contribution < 1.29 is 41.8 Å². The van der Waals surface area contributed by atoms with Crippen LogP contribution in [0.25, 0.3) is 22.2 Å². The molecule has 14 nitrogen and oxygen atoms in total. The predicted octanol–water partition coefficient (Wildman–Crippen LogP) is 8.14. The van der Waals surface area contributed by atoms with Gasteiger partial charge in [0.2, 0.25) is 21.8 Å². The SMILES string of the molecule is C=CC1C[C@@]1(NC(=O)[C@@H]1C[C@@H](Oc2cc(-c3ccccc3)nc3cc(OC)ccc23)CN1C(=O)[C@@H](NC(=O)O[C@H]1CC(C)CC[C@@H]1C(C)C)C(C)(C)C)C(=O)NS(=O)(=O)C1(Cc2ccccc2)CC1. The van der Waals surface area contributed by atoms with Crippen LogP contribution in [0.3, 0.4) is 0 Å². The molecule has 2 unspecified atom stereocenters. The maximum absolute atomic E-state index is 15.2. The Morgan fingerprint density at radius 2 is 1.65 bits per heavy atom. The highest BCUT2D eigenvalue weighted by Crippen LogP contribution is 2.49. The number of aromatic nitrogens is 1.